The molecule has 0 saturated carbocycles. The summed E-state index contributed by atoms with van der Waals surface area (Å²) in [5, 5.41) is 1.29. The van der Waals surface area contributed by atoms with Crippen molar-refractivity contribution in [2.24, 2.45) is 5.84 Å². The Kier molecular flexibility index (Phi) is 15.5. The van der Waals surface area contributed by atoms with Crippen molar-refractivity contribution in [3.63, 3.8) is 0 Å². The van der Waals surface area contributed by atoms with Gasteiger partial charge in [0.15, 0.2) is 0 Å². The standard InChI is InChI=1S/C20H40N2O/c1-4-5-6-7-8-9-10-11-12-13-14-15-16-17-18-22(21)20(23)19(2)3/h2,4-18,21H2,1,3H3. The molecule has 0 bridgehead atoms. The Hall–Kier alpha value is -0.830. The molecule has 0 heterocycles. The first kappa shape index (κ1) is 22.2. The first-order valence-corrected chi connectivity index (χ1v) is 9.81. The van der Waals surface area contributed by atoms with Gasteiger partial charge in [0, 0.05) is 12.1 Å². The smallest absolute Gasteiger partial charge is 0.262 e. The Labute approximate surface area is 144 Å². The topological polar surface area (TPSA) is 46.3 Å². The molecule has 0 aromatic carbocycles. The van der Waals surface area contributed by atoms with Gasteiger partial charge in [0.05, 0.1) is 0 Å². The quantitative estimate of drug-likeness (QED) is 0.129. The second-order valence-electron chi connectivity index (χ2n) is 6.88. The van der Waals surface area contributed by atoms with Gasteiger partial charge in [0.1, 0.15) is 0 Å². The second kappa shape index (κ2) is 16.0. The van der Waals surface area contributed by atoms with Gasteiger partial charge in [0.25, 0.3) is 5.91 Å². The maximum atomic E-state index is 11.5. The summed E-state index contributed by atoms with van der Waals surface area (Å²) in [7, 11) is 0. The lowest BCUT2D eigenvalue weighted by Crippen LogP contribution is -2.38. The number of hydrazine groups is 1. The van der Waals surface area contributed by atoms with E-state index >= 15 is 0 Å². The summed E-state index contributed by atoms with van der Waals surface area (Å²) in [6.45, 7) is 8.24. The summed E-state index contributed by atoms with van der Waals surface area (Å²) >= 11 is 0. The molecule has 23 heavy (non-hydrogen) atoms. The van der Waals surface area contributed by atoms with Gasteiger partial charge in [-0.1, -0.05) is 97.0 Å². The third kappa shape index (κ3) is 14.5. The molecule has 0 radical (unpaired) electrons. The predicted octanol–water partition coefficient (Wildman–Crippen LogP) is 5.75. The van der Waals surface area contributed by atoms with Crippen LogP contribution in [0.2, 0.25) is 0 Å². The molecule has 3 nitrogen and oxygen atoms in total. The lowest BCUT2D eigenvalue weighted by atomic mass is 10.0. The Morgan fingerprint density at radius 1 is 0.783 bits per heavy atom. The van der Waals surface area contributed by atoms with Crippen molar-refractivity contribution in [3.05, 3.63) is 12.2 Å². The van der Waals surface area contributed by atoms with Gasteiger partial charge in [-0.3, -0.25) is 9.80 Å². The van der Waals surface area contributed by atoms with E-state index in [0.29, 0.717) is 12.1 Å². The minimum absolute atomic E-state index is 0.139. The Bertz CT molecular complexity index is 302. The summed E-state index contributed by atoms with van der Waals surface area (Å²) < 4.78 is 0. The van der Waals surface area contributed by atoms with Gasteiger partial charge in [-0.2, -0.15) is 0 Å². The molecule has 0 aliphatic heterocycles. The van der Waals surface area contributed by atoms with Gasteiger partial charge in [-0.25, -0.2) is 5.84 Å². The predicted molar refractivity (Wildman–Crippen MR) is 101 cm³/mol. The van der Waals surface area contributed by atoms with Crippen LogP contribution in [0.15, 0.2) is 12.2 Å². The molecule has 0 aromatic heterocycles. The van der Waals surface area contributed by atoms with E-state index in [0.717, 1.165) is 12.8 Å². The summed E-state index contributed by atoms with van der Waals surface area (Å²) in [4.78, 5) is 11.5. The molecule has 3 heteroatoms. The molecular weight excluding hydrogens is 284 g/mol. The Morgan fingerprint density at radius 2 is 1.13 bits per heavy atom. The zero-order chi connectivity index (χ0) is 17.3. The largest absolute Gasteiger partial charge is 0.277 e. The number of amides is 1. The average molecular weight is 325 g/mol. The lowest BCUT2D eigenvalue weighted by Gasteiger charge is -2.16. The molecule has 0 saturated heterocycles. The van der Waals surface area contributed by atoms with E-state index in [2.05, 4.69) is 13.5 Å². The van der Waals surface area contributed by atoms with E-state index in [1.54, 1.807) is 6.92 Å². The van der Waals surface area contributed by atoms with Gasteiger partial charge < -0.3 is 0 Å². The highest BCUT2D eigenvalue weighted by atomic mass is 16.2. The van der Waals surface area contributed by atoms with Crippen molar-refractivity contribution in [1.82, 2.24) is 5.01 Å². The lowest BCUT2D eigenvalue weighted by molar-refractivity contribution is -0.127. The summed E-state index contributed by atoms with van der Waals surface area (Å²) in [6, 6.07) is 0. The van der Waals surface area contributed by atoms with Crippen LogP contribution >= 0.6 is 0 Å². The number of hydrogen-bond acceptors (Lipinski definition) is 2. The maximum absolute atomic E-state index is 11.5. The Balaban J connectivity index is 3.19. The minimum Gasteiger partial charge on any atom is -0.277 e. The van der Waals surface area contributed by atoms with Crippen LogP contribution < -0.4 is 5.84 Å². The highest BCUT2D eigenvalue weighted by Gasteiger charge is 2.08. The molecule has 0 aromatic rings. The third-order valence-corrected chi connectivity index (χ3v) is 4.38. The van der Waals surface area contributed by atoms with Gasteiger partial charge in [-0.15, -0.1) is 0 Å². The van der Waals surface area contributed by atoms with Crippen molar-refractivity contribution >= 4 is 5.91 Å². The van der Waals surface area contributed by atoms with E-state index in [1.165, 1.54) is 82.1 Å². The highest BCUT2D eigenvalue weighted by molar-refractivity contribution is 5.91. The number of hydrogen-bond donors (Lipinski definition) is 1. The molecule has 0 aliphatic carbocycles. The molecule has 0 spiro atoms. The average Bonchev–Trinajstić information content (AvgIpc) is 2.54. The van der Waals surface area contributed by atoms with E-state index in [-0.39, 0.29) is 5.91 Å². The summed E-state index contributed by atoms with van der Waals surface area (Å²) in [5.74, 6) is 5.55. The van der Waals surface area contributed by atoms with E-state index in [9.17, 15) is 4.79 Å². The molecule has 0 atom stereocenters. The van der Waals surface area contributed by atoms with Crippen LogP contribution in [-0.2, 0) is 4.79 Å². The number of carbonyl (C=O) groups excluding carboxylic acids is 1. The fraction of sp³-hybridized carbons (Fsp3) is 0.850. The minimum atomic E-state index is -0.139. The van der Waals surface area contributed by atoms with E-state index < -0.39 is 0 Å². The number of carbonyl (C=O) groups is 1. The molecular formula is C20H40N2O. The van der Waals surface area contributed by atoms with Crippen molar-refractivity contribution in [3.8, 4) is 0 Å². The number of nitrogens with two attached hydrogens (primary N) is 1. The second-order valence-corrected chi connectivity index (χ2v) is 6.88. The van der Waals surface area contributed by atoms with Crippen molar-refractivity contribution < 1.29 is 4.79 Å². The van der Waals surface area contributed by atoms with Crippen LogP contribution in [0.25, 0.3) is 0 Å². The number of rotatable bonds is 16. The van der Waals surface area contributed by atoms with Gasteiger partial charge in [0.2, 0.25) is 0 Å². The zero-order valence-electron chi connectivity index (χ0n) is 15.7. The van der Waals surface area contributed by atoms with Crippen LogP contribution in [-0.4, -0.2) is 17.5 Å². The van der Waals surface area contributed by atoms with Crippen molar-refractivity contribution in [2.75, 3.05) is 6.54 Å². The Morgan fingerprint density at radius 3 is 1.48 bits per heavy atom. The first-order chi connectivity index (χ1) is 11.1. The highest BCUT2D eigenvalue weighted by Crippen LogP contribution is 2.13. The third-order valence-electron chi connectivity index (χ3n) is 4.38. The molecule has 0 unspecified atom stereocenters. The fourth-order valence-electron chi connectivity index (χ4n) is 2.82. The molecule has 0 aliphatic rings. The van der Waals surface area contributed by atoms with Crippen molar-refractivity contribution in [1.29, 1.82) is 0 Å². The van der Waals surface area contributed by atoms with Gasteiger partial charge in [-0.05, 0) is 13.3 Å². The van der Waals surface area contributed by atoms with Crippen LogP contribution in [0.4, 0.5) is 0 Å². The molecule has 0 fully saturated rings. The van der Waals surface area contributed by atoms with E-state index in [4.69, 9.17) is 5.84 Å². The summed E-state index contributed by atoms with van der Waals surface area (Å²) in [5.41, 5.74) is 0.512. The zero-order valence-corrected chi connectivity index (χ0v) is 15.7. The molecule has 136 valence electrons. The van der Waals surface area contributed by atoms with Gasteiger partial charge >= 0.3 is 0 Å². The normalized spacial score (nSPS) is 10.7. The first-order valence-electron chi connectivity index (χ1n) is 9.81. The maximum Gasteiger partial charge on any atom is 0.262 e. The van der Waals surface area contributed by atoms with Crippen LogP contribution in [0.3, 0.4) is 0 Å². The van der Waals surface area contributed by atoms with Crippen LogP contribution in [0, 0.1) is 0 Å². The number of nitrogens with zero attached hydrogens (tertiary/aromatic N) is 1. The molecule has 2 N–H and O–H groups in total. The molecule has 1 amide bonds. The van der Waals surface area contributed by atoms with Crippen LogP contribution in [0.1, 0.15) is 104 Å². The van der Waals surface area contributed by atoms with E-state index in [1.807, 2.05) is 0 Å². The number of unbranched alkanes of at least 4 members (excludes halogenated alkanes) is 13. The monoisotopic (exact) mass is 324 g/mol. The van der Waals surface area contributed by atoms with Crippen molar-refractivity contribution in [2.45, 2.75) is 104 Å². The molecule has 0 rings (SSSR count). The van der Waals surface area contributed by atoms with Crippen LogP contribution in [0.5, 0.6) is 0 Å². The SMILES string of the molecule is C=C(C)C(=O)N(N)CCCCCCCCCCCCCCCC. The fourth-order valence-corrected chi connectivity index (χ4v) is 2.82. The summed E-state index contributed by atoms with van der Waals surface area (Å²) in [6.07, 6.45) is 18.7.